The van der Waals surface area contributed by atoms with Gasteiger partial charge in [-0.25, -0.2) is 4.98 Å². The van der Waals surface area contributed by atoms with Gasteiger partial charge in [0.05, 0.1) is 17.2 Å². The highest BCUT2D eigenvalue weighted by atomic mass is 79.9. The molecule has 1 aromatic heterocycles. The Morgan fingerprint density at radius 3 is 2.78 bits per heavy atom. The molecular weight excluding hydrogens is 360 g/mol. The second-order valence-corrected chi connectivity index (χ2v) is 6.21. The number of aromatic nitrogens is 1. The summed E-state index contributed by atoms with van der Waals surface area (Å²) >= 11 is 6.99. The molecule has 0 atom stereocenters. The maximum atomic E-state index is 5.76. The average molecular weight is 378 g/mol. The van der Waals surface area contributed by atoms with Crippen LogP contribution in [0.15, 0.2) is 16.7 Å². The van der Waals surface area contributed by atoms with Gasteiger partial charge < -0.3 is 9.64 Å². The van der Waals surface area contributed by atoms with Crippen molar-refractivity contribution in [2.75, 3.05) is 29.9 Å². The van der Waals surface area contributed by atoms with Gasteiger partial charge in [0.2, 0.25) is 0 Å². The minimum atomic E-state index is 0.406. The maximum absolute atomic E-state index is 5.76. The van der Waals surface area contributed by atoms with Crippen LogP contribution in [-0.4, -0.2) is 36.1 Å². The first kappa shape index (κ1) is 14.3. The Kier molecular flexibility index (Phi) is 5.45. The van der Waals surface area contributed by atoms with Crippen LogP contribution in [0.3, 0.4) is 0 Å². The number of alkyl halides is 1. The Morgan fingerprint density at radius 2 is 2.17 bits per heavy atom. The van der Waals surface area contributed by atoms with Gasteiger partial charge in [0.1, 0.15) is 5.82 Å². The molecule has 0 amide bonds. The van der Waals surface area contributed by atoms with Gasteiger partial charge in [-0.05, 0) is 47.3 Å². The van der Waals surface area contributed by atoms with Gasteiger partial charge in [0.25, 0.3) is 0 Å². The van der Waals surface area contributed by atoms with E-state index >= 15 is 0 Å². The minimum absolute atomic E-state index is 0.406. The van der Waals surface area contributed by atoms with Crippen LogP contribution in [0.1, 0.15) is 18.4 Å². The van der Waals surface area contributed by atoms with Crippen LogP contribution in [-0.2, 0) is 4.74 Å². The third-order valence-corrected chi connectivity index (χ3v) is 4.04. The zero-order valence-corrected chi connectivity index (χ0v) is 13.7. The molecule has 0 spiro atoms. The third-order valence-electron chi connectivity index (χ3n) is 3.13. The van der Waals surface area contributed by atoms with Crippen LogP contribution in [0, 0.1) is 6.92 Å². The Morgan fingerprint density at radius 1 is 1.44 bits per heavy atom. The lowest BCUT2D eigenvalue weighted by atomic mass is 10.1. The molecule has 0 unspecified atom stereocenters. The zero-order chi connectivity index (χ0) is 13.0. The lowest BCUT2D eigenvalue weighted by Crippen LogP contribution is -2.37. The Hall–Kier alpha value is -0.130. The number of pyridine rings is 1. The molecule has 0 saturated carbocycles. The van der Waals surface area contributed by atoms with Crippen molar-refractivity contribution >= 4 is 37.7 Å². The van der Waals surface area contributed by atoms with Gasteiger partial charge in [-0.1, -0.05) is 15.9 Å². The molecule has 5 heteroatoms. The van der Waals surface area contributed by atoms with Crippen LogP contribution in [0.4, 0.5) is 5.82 Å². The Bertz CT molecular complexity index is 393. The van der Waals surface area contributed by atoms with Crippen molar-refractivity contribution in [1.82, 2.24) is 4.98 Å². The first-order chi connectivity index (χ1) is 8.70. The van der Waals surface area contributed by atoms with E-state index in [0.29, 0.717) is 6.10 Å². The lowest BCUT2D eigenvalue weighted by molar-refractivity contribution is 0.0480. The summed E-state index contributed by atoms with van der Waals surface area (Å²) in [5, 5.41) is 0.915. The molecule has 1 aliphatic heterocycles. The summed E-state index contributed by atoms with van der Waals surface area (Å²) < 4.78 is 6.85. The number of nitrogens with zero attached hydrogens (tertiary/aromatic N) is 2. The molecule has 1 saturated heterocycles. The van der Waals surface area contributed by atoms with E-state index in [1.165, 1.54) is 5.56 Å². The van der Waals surface area contributed by atoms with Gasteiger partial charge in [-0.3, -0.25) is 0 Å². The summed E-state index contributed by atoms with van der Waals surface area (Å²) in [5.41, 5.74) is 1.18. The highest BCUT2D eigenvalue weighted by molar-refractivity contribution is 9.10. The van der Waals surface area contributed by atoms with E-state index < -0.39 is 0 Å². The molecule has 0 aromatic carbocycles. The van der Waals surface area contributed by atoms with Crippen LogP contribution < -0.4 is 4.90 Å². The largest absolute Gasteiger partial charge is 0.377 e. The third kappa shape index (κ3) is 3.68. The summed E-state index contributed by atoms with van der Waals surface area (Å²) in [6.07, 6.45) is 4.49. The normalized spacial score (nSPS) is 17.2. The fourth-order valence-corrected chi connectivity index (χ4v) is 3.11. The summed E-state index contributed by atoms with van der Waals surface area (Å²) in [7, 11) is 0. The Labute approximate surface area is 125 Å². The van der Waals surface area contributed by atoms with Crippen LogP contribution in [0.2, 0.25) is 0 Å². The average Bonchev–Trinajstić information content (AvgIpc) is 2.37. The van der Waals surface area contributed by atoms with Crippen LogP contribution >= 0.6 is 31.9 Å². The SMILES string of the molecule is Cc1cnc(N2CCC(OCCBr)CC2)c(Br)c1. The number of anilines is 1. The molecule has 0 aliphatic carbocycles. The van der Waals surface area contributed by atoms with Gasteiger partial charge in [-0.2, -0.15) is 0 Å². The molecular formula is C13H18Br2N2O. The molecule has 2 rings (SSSR count). The summed E-state index contributed by atoms with van der Waals surface area (Å²) in [4.78, 5) is 6.85. The molecule has 1 fully saturated rings. The smallest absolute Gasteiger partial charge is 0.142 e. The number of hydrogen-bond acceptors (Lipinski definition) is 3. The van der Waals surface area contributed by atoms with Crippen molar-refractivity contribution in [3.63, 3.8) is 0 Å². The summed E-state index contributed by atoms with van der Waals surface area (Å²) in [6.45, 7) is 4.89. The maximum Gasteiger partial charge on any atom is 0.142 e. The molecule has 1 aromatic rings. The number of hydrogen-bond donors (Lipinski definition) is 0. The number of rotatable bonds is 4. The number of piperidine rings is 1. The van der Waals surface area contributed by atoms with Gasteiger partial charge in [0, 0.05) is 24.6 Å². The van der Waals surface area contributed by atoms with Gasteiger partial charge >= 0.3 is 0 Å². The van der Waals surface area contributed by atoms with E-state index in [1.807, 2.05) is 6.20 Å². The standard InChI is InChI=1S/C13H18Br2N2O/c1-10-8-12(15)13(16-9-10)17-5-2-11(3-6-17)18-7-4-14/h8-9,11H,2-7H2,1H3. The zero-order valence-electron chi connectivity index (χ0n) is 10.5. The summed E-state index contributed by atoms with van der Waals surface area (Å²) in [5.74, 6) is 1.06. The number of aryl methyl sites for hydroxylation is 1. The fraction of sp³-hybridized carbons (Fsp3) is 0.615. The second-order valence-electron chi connectivity index (χ2n) is 4.56. The Balaban J connectivity index is 1.93. The van der Waals surface area contributed by atoms with Crippen molar-refractivity contribution in [2.45, 2.75) is 25.9 Å². The molecule has 18 heavy (non-hydrogen) atoms. The van der Waals surface area contributed by atoms with E-state index in [-0.39, 0.29) is 0 Å². The molecule has 100 valence electrons. The van der Waals surface area contributed by atoms with E-state index in [2.05, 4.69) is 54.7 Å². The van der Waals surface area contributed by atoms with Crippen molar-refractivity contribution in [3.05, 3.63) is 22.3 Å². The van der Waals surface area contributed by atoms with Crippen molar-refractivity contribution in [2.24, 2.45) is 0 Å². The topological polar surface area (TPSA) is 25.4 Å². The predicted octanol–water partition coefficient (Wildman–Crippen LogP) is 3.53. The predicted molar refractivity (Wildman–Crippen MR) is 81.7 cm³/mol. The molecule has 3 nitrogen and oxygen atoms in total. The van der Waals surface area contributed by atoms with Crippen molar-refractivity contribution in [3.8, 4) is 0 Å². The fourth-order valence-electron chi connectivity index (χ4n) is 2.20. The van der Waals surface area contributed by atoms with Crippen molar-refractivity contribution < 1.29 is 4.74 Å². The quantitative estimate of drug-likeness (QED) is 0.750. The van der Waals surface area contributed by atoms with Gasteiger partial charge in [0.15, 0.2) is 0 Å². The van der Waals surface area contributed by atoms with Crippen LogP contribution in [0.25, 0.3) is 0 Å². The molecule has 0 N–H and O–H groups in total. The van der Waals surface area contributed by atoms with Crippen molar-refractivity contribution in [1.29, 1.82) is 0 Å². The van der Waals surface area contributed by atoms with E-state index in [1.54, 1.807) is 0 Å². The number of halogens is 2. The molecule has 0 radical (unpaired) electrons. The molecule has 0 bridgehead atoms. The molecule has 1 aliphatic rings. The number of ether oxygens (including phenoxy) is 1. The second kappa shape index (κ2) is 6.87. The monoisotopic (exact) mass is 376 g/mol. The highest BCUT2D eigenvalue weighted by Gasteiger charge is 2.21. The highest BCUT2D eigenvalue weighted by Crippen LogP contribution is 2.27. The first-order valence-electron chi connectivity index (χ1n) is 6.25. The lowest BCUT2D eigenvalue weighted by Gasteiger charge is -2.33. The van der Waals surface area contributed by atoms with E-state index in [0.717, 1.165) is 48.2 Å². The minimum Gasteiger partial charge on any atom is -0.377 e. The van der Waals surface area contributed by atoms with Gasteiger partial charge in [-0.15, -0.1) is 0 Å². The van der Waals surface area contributed by atoms with E-state index in [9.17, 15) is 0 Å². The summed E-state index contributed by atoms with van der Waals surface area (Å²) in [6, 6.07) is 2.12. The van der Waals surface area contributed by atoms with Crippen LogP contribution in [0.5, 0.6) is 0 Å². The first-order valence-corrected chi connectivity index (χ1v) is 8.17. The van der Waals surface area contributed by atoms with E-state index in [4.69, 9.17) is 4.74 Å². The molecule has 2 heterocycles.